The van der Waals surface area contributed by atoms with E-state index < -0.39 is 6.09 Å². The smallest absolute Gasteiger partial charge is 0.410 e. The van der Waals surface area contributed by atoms with Gasteiger partial charge in [-0.3, -0.25) is 5.32 Å². The number of nitrogens with zero attached hydrogens (tertiary/aromatic N) is 4. The van der Waals surface area contributed by atoms with Crippen molar-refractivity contribution in [3.05, 3.63) is 30.3 Å². The summed E-state index contributed by atoms with van der Waals surface area (Å²) in [4.78, 5) is 24.1. The van der Waals surface area contributed by atoms with Crippen LogP contribution in [0, 0.1) is 0 Å². The van der Waals surface area contributed by atoms with Crippen LogP contribution in [-0.4, -0.2) is 55.2 Å². The second-order valence-corrected chi connectivity index (χ2v) is 6.81. The summed E-state index contributed by atoms with van der Waals surface area (Å²) in [5.41, 5.74) is 9.44. The number of hydrogen-bond donors (Lipinski definition) is 3. The van der Waals surface area contributed by atoms with Gasteiger partial charge in [0.1, 0.15) is 17.3 Å². The van der Waals surface area contributed by atoms with E-state index in [0.29, 0.717) is 12.2 Å². The highest BCUT2D eigenvalue weighted by molar-refractivity contribution is 6.03. The number of anilines is 4. The molecule has 1 aliphatic rings. The molecule has 0 fully saturated rings. The lowest BCUT2D eigenvalue weighted by Gasteiger charge is -2.37. The number of nitrogen functional groups attached to an aromatic ring is 1. The van der Waals surface area contributed by atoms with Gasteiger partial charge in [0, 0.05) is 25.3 Å². The zero-order valence-corrected chi connectivity index (χ0v) is 17.0. The predicted octanol–water partition coefficient (Wildman–Crippen LogP) is 3.20. The zero-order chi connectivity index (χ0) is 21.1. The highest BCUT2D eigenvalue weighted by atomic mass is 16.5. The summed E-state index contributed by atoms with van der Waals surface area (Å²) in [5, 5.41) is 11.2. The van der Waals surface area contributed by atoms with Crippen LogP contribution in [0.1, 0.15) is 13.8 Å². The molecule has 1 aliphatic heterocycles. The zero-order valence-electron chi connectivity index (χ0n) is 17.0. The van der Waals surface area contributed by atoms with Crippen LogP contribution in [-0.2, 0) is 0 Å². The number of aromatic nitrogens is 1. The van der Waals surface area contributed by atoms with E-state index in [4.69, 9.17) is 20.6 Å². The van der Waals surface area contributed by atoms with Crippen molar-refractivity contribution in [3.63, 3.8) is 0 Å². The maximum Gasteiger partial charge on any atom is 0.410 e. The summed E-state index contributed by atoms with van der Waals surface area (Å²) in [6.45, 7) is 5.44. The second kappa shape index (κ2) is 8.26. The molecule has 1 amide bonds. The molecule has 0 saturated carbocycles. The molecular weight excluding hydrogens is 372 g/mol. The van der Waals surface area contributed by atoms with Crippen LogP contribution in [0.25, 0.3) is 0 Å². The standard InChI is InChI=1S/C20H26N6O3/c1-5-26-12(2)15(11-25(3)13-6-8-14(29-4)9-7-13)22-18-16(26)10-17(23-19(18)21)24-20(27)28/h6-10,12H,5,11H2,1-4H3,(H,27,28)(H3,21,23,24). The van der Waals surface area contributed by atoms with Crippen molar-refractivity contribution in [2.45, 2.75) is 19.9 Å². The Bertz CT molecular complexity index is 929. The lowest BCUT2D eigenvalue weighted by atomic mass is 10.1. The summed E-state index contributed by atoms with van der Waals surface area (Å²) < 4.78 is 5.22. The first-order valence-electron chi connectivity index (χ1n) is 9.33. The Morgan fingerprint density at radius 1 is 1.38 bits per heavy atom. The minimum absolute atomic E-state index is 0.0210. The van der Waals surface area contributed by atoms with Crippen molar-refractivity contribution in [1.82, 2.24) is 4.98 Å². The quantitative estimate of drug-likeness (QED) is 0.684. The summed E-state index contributed by atoms with van der Waals surface area (Å²) in [5.74, 6) is 1.19. The van der Waals surface area contributed by atoms with Gasteiger partial charge in [-0.2, -0.15) is 0 Å². The van der Waals surface area contributed by atoms with Crippen molar-refractivity contribution in [3.8, 4) is 5.75 Å². The van der Waals surface area contributed by atoms with E-state index in [1.165, 1.54) is 0 Å². The molecule has 9 heteroatoms. The largest absolute Gasteiger partial charge is 0.497 e. The Kier molecular flexibility index (Phi) is 5.76. The van der Waals surface area contributed by atoms with Gasteiger partial charge in [0.15, 0.2) is 5.82 Å². The summed E-state index contributed by atoms with van der Waals surface area (Å²) >= 11 is 0. The Labute approximate surface area is 169 Å². The fourth-order valence-corrected chi connectivity index (χ4v) is 3.46. The van der Waals surface area contributed by atoms with E-state index in [0.717, 1.165) is 29.4 Å². The number of fused-ring (bicyclic) bond motifs is 1. The topological polar surface area (TPSA) is 116 Å². The van der Waals surface area contributed by atoms with Crippen LogP contribution in [0.5, 0.6) is 5.75 Å². The number of nitrogens with one attached hydrogen (secondary N) is 1. The van der Waals surface area contributed by atoms with Gasteiger partial charge in [-0.1, -0.05) is 0 Å². The van der Waals surface area contributed by atoms with Gasteiger partial charge in [-0.05, 0) is 38.1 Å². The molecule has 3 rings (SSSR count). The fraction of sp³-hybridized carbons (Fsp3) is 0.350. The maximum atomic E-state index is 11.0. The third kappa shape index (κ3) is 4.18. The normalized spacial score (nSPS) is 15.4. The van der Waals surface area contributed by atoms with Crippen molar-refractivity contribution in [1.29, 1.82) is 0 Å². The number of benzene rings is 1. The maximum absolute atomic E-state index is 11.0. The predicted molar refractivity (Wildman–Crippen MR) is 116 cm³/mol. The number of methoxy groups -OCH3 is 1. The van der Waals surface area contributed by atoms with Crippen LogP contribution < -0.4 is 25.6 Å². The number of nitrogens with two attached hydrogens (primary N) is 1. The van der Waals surface area contributed by atoms with Crippen molar-refractivity contribution in [2.75, 3.05) is 48.1 Å². The van der Waals surface area contributed by atoms with Crippen LogP contribution in [0.4, 0.5) is 33.5 Å². The van der Waals surface area contributed by atoms with Crippen LogP contribution in [0.3, 0.4) is 0 Å². The number of carbonyl (C=O) groups is 1. The first kappa shape index (κ1) is 20.2. The molecule has 154 valence electrons. The Morgan fingerprint density at radius 2 is 2.07 bits per heavy atom. The number of carboxylic acid groups (broad SMARTS) is 1. The van der Waals surface area contributed by atoms with Gasteiger partial charge in [0.05, 0.1) is 31.1 Å². The SMILES string of the molecule is CCN1c2cc(NC(=O)O)nc(N)c2N=C(CN(C)c2ccc(OC)cc2)C1C. The van der Waals surface area contributed by atoms with E-state index >= 15 is 0 Å². The molecule has 0 radical (unpaired) electrons. The molecule has 0 saturated heterocycles. The average molecular weight is 398 g/mol. The summed E-state index contributed by atoms with van der Waals surface area (Å²) in [6, 6.07) is 9.53. The number of amides is 1. The Morgan fingerprint density at radius 3 is 2.66 bits per heavy atom. The Balaban J connectivity index is 1.93. The minimum atomic E-state index is -1.19. The molecule has 0 spiro atoms. The van der Waals surface area contributed by atoms with Crippen molar-refractivity contribution < 1.29 is 14.6 Å². The number of ether oxygens (including phenoxy) is 1. The van der Waals surface area contributed by atoms with Gasteiger partial charge in [-0.15, -0.1) is 0 Å². The lowest BCUT2D eigenvalue weighted by molar-refractivity contribution is 0.209. The van der Waals surface area contributed by atoms with E-state index in [9.17, 15) is 4.79 Å². The van der Waals surface area contributed by atoms with E-state index in [-0.39, 0.29) is 17.7 Å². The third-order valence-corrected chi connectivity index (χ3v) is 5.00. The molecule has 1 atom stereocenters. The van der Waals surface area contributed by atoms with Crippen molar-refractivity contribution >= 4 is 40.5 Å². The molecular formula is C20H26N6O3. The number of hydrogen-bond acceptors (Lipinski definition) is 7. The van der Waals surface area contributed by atoms with Crippen LogP contribution in [0.2, 0.25) is 0 Å². The fourth-order valence-electron chi connectivity index (χ4n) is 3.46. The number of pyridine rings is 1. The van der Waals surface area contributed by atoms with E-state index in [1.54, 1.807) is 13.2 Å². The minimum Gasteiger partial charge on any atom is -0.497 e. The molecule has 0 bridgehead atoms. The summed E-state index contributed by atoms with van der Waals surface area (Å²) in [7, 11) is 3.65. The second-order valence-electron chi connectivity index (χ2n) is 6.81. The van der Waals surface area contributed by atoms with Crippen LogP contribution in [0.15, 0.2) is 35.3 Å². The van der Waals surface area contributed by atoms with Crippen LogP contribution >= 0.6 is 0 Å². The third-order valence-electron chi connectivity index (χ3n) is 5.00. The van der Waals surface area contributed by atoms with E-state index in [1.807, 2.05) is 38.2 Å². The Hall–Kier alpha value is -3.49. The molecule has 4 N–H and O–H groups in total. The van der Waals surface area contributed by atoms with Gasteiger partial charge in [0.25, 0.3) is 0 Å². The van der Waals surface area contributed by atoms with Gasteiger partial charge < -0.3 is 25.4 Å². The molecule has 9 nitrogen and oxygen atoms in total. The van der Waals surface area contributed by atoms with Crippen molar-refractivity contribution in [2.24, 2.45) is 4.99 Å². The molecule has 1 aromatic carbocycles. The molecule has 2 heterocycles. The van der Waals surface area contributed by atoms with Gasteiger partial charge in [0.2, 0.25) is 0 Å². The molecule has 2 aromatic rings. The summed E-state index contributed by atoms with van der Waals surface area (Å²) in [6.07, 6.45) is -1.19. The van der Waals surface area contributed by atoms with Gasteiger partial charge >= 0.3 is 6.09 Å². The molecule has 0 aliphatic carbocycles. The lowest BCUT2D eigenvalue weighted by Crippen LogP contribution is -2.45. The monoisotopic (exact) mass is 398 g/mol. The first-order valence-corrected chi connectivity index (χ1v) is 9.33. The number of aliphatic imine (C=N–C) groups is 1. The number of rotatable bonds is 6. The first-order chi connectivity index (χ1) is 13.8. The molecule has 1 aromatic heterocycles. The average Bonchev–Trinajstić information content (AvgIpc) is 2.69. The molecule has 29 heavy (non-hydrogen) atoms. The highest BCUT2D eigenvalue weighted by Gasteiger charge is 2.29. The van der Waals surface area contributed by atoms with E-state index in [2.05, 4.69) is 27.0 Å². The highest BCUT2D eigenvalue weighted by Crippen LogP contribution is 2.40. The molecule has 1 unspecified atom stereocenters. The van der Waals surface area contributed by atoms with Gasteiger partial charge in [-0.25, -0.2) is 14.8 Å².